The molecule has 8 nitrogen and oxygen atoms in total. The van der Waals surface area contributed by atoms with Crippen LogP contribution < -0.4 is 29.6 Å². The first-order valence-corrected chi connectivity index (χ1v) is 15.1. The predicted molar refractivity (Wildman–Crippen MR) is 139 cm³/mol. The number of hydrogen-bond donors (Lipinski definition) is 2. The second-order valence-electron chi connectivity index (χ2n) is 9.62. The Morgan fingerprint density at radius 3 is 2.14 bits per heavy atom. The molecule has 36 heavy (non-hydrogen) atoms. The molecule has 1 heterocycles. The van der Waals surface area contributed by atoms with E-state index in [4.69, 9.17) is 0 Å². The van der Waals surface area contributed by atoms with Crippen molar-refractivity contribution in [1.82, 2.24) is 4.90 Å². The SMILES string of the molecule is CCCCCCCCCC/C=C/CCCCCC(=O)C1=[N+](CC(O)CS(=O)(=O)[O-])CCN1CCO.[Na+]. The number of unbranched alkanes of at least 4 members (excludes halogenated alkanes) is 11. The zero-order valence-electron chi connectivity index (χ0n) is 22.7. The first kappa shape index (κ1) is 35.7. The summed E-state index contributed by atoms with van der Waals surface area (Å²) < 4.78 is 34.4. The molecule has 0 spiro atoms. The number of rotatable bonds is 22. The van der Waals surface area contributed by atoms with Gasteiger partial charge in [-0.3, -0.25) is 14.3 Å². The van der Waals surface area contributed by atoms with E-state index in [1.165, 1.54) is 51.4 Å². The summed E-state index contributed by atoms with van der Waals surface area (Å²) in [5.41, 5.74) is 0. The molecule has 1 unspecified atom stereocenters. The van der Waals surface area contributed by atoms with Gasteiger partial charge in [0.05, 0.1) is 22.5 Å². The van der Waals surface area contributed by atoms with Crippen LogP contribution in [0.3, 0.4) is 0 Å². The summed E-state index contributed by atoms with van der Waals surface area (Å²) >= 11 is 0. The fraction of sp³-hybridized carbons (Fsp3) is 0.846. The molecule has 0 fully saturated rings. The van der Waals surface area contributed by atoms with Gasteiger partial charge in [0.25, 0.3) is 0 Å². The monoisotopic (exact) mass is 539 g/mol. The Kier molecular flexibility index (Phi) is 21.4. The van der Waals surface area contributed by atoms with E-state index in [1.54, 1.807) is 9.48 Å². The number of aliphatic hydroxyl groups is 2. The number of allylic oxidation sites excluding steroid dienone is 2. The molecule has 0 saturated carbocycles. The molecule has 0 aromatic rings. The number of nitrogens with zero attached hydrogens (tertiary/aromatic N) is 2. The Balaban J connectivity index is 0.0000122. The standard InChI is InChI=1S/C26H48N2O6S.Na/c1-2-3-4-5-6-7-8-9-10-11-12-13-14-15-16-17-25(31)26-27(20-21-29)18-19-28(26)22-24(30)23-35(32,33)34;/h11-12,24,29-30H,2-10,13-23H2,1H3;/q;+1/b12-11+;. The molecule has 1 atom stereocenters. The van der Waals surface area contributed by atoms with Crippen molar-refractivity contribution >= 4 is 21.7 Å². The van der Waals surface area contributed by atoms with Crippen LogP contribution in [0.15, 0.2) is 12.2 Å². The number of hydrogen-bond acceptors (Lipinski definition) is 7. The Morgan fingerprint density at radius 2 is 1.58 bits per heavy atom. The Bertz CT molecular complexity index is 758. The molecule has 0 saturated heterocycles. The van der Waals surface area contributed by atoms with Gasteiger partial charge in [0, 0.05) is 6.42 Å². The molecular formula is C26H48N2NaO6S+. The van der Waals surface area contributed by atoms with Crippen LogP contribution in [0.25, 0.3) is 0 Å². The van der Waals surface area contributed by atoms with Crippen LogP contribution in [0.4, 0.5) is 0 Å². The van der Waals surface area contributed by atoms with E-state index >= 15 is 0 Å². The van der Waals surface area contributed by atoms with Gasteiger partial charge in [-0.05, 0) is 32.1 Å². The maximum absolute atomic E-state index is 12.9. The van der Waals surface area contributed by atoms with E-state index in [-0.39, 0.29) is 48.5 Å². The first-order valence-electron chi connectivity index (χ1n) is 13.6. The Labute approximate surface area is 241 Å². The fourth-order valence-electron chi connectivity index (χ4n) is 4.53. The van der Waals surface area contributed by atoms with Crippen molar-refractivity contribution in [2.24, 2.45) is 0 Å². The van der Waals surface area contributed by atoms with E-state index < -0.39 is 22.0 Å². The van der Waals surface area contributed by atoms with Gasteiger partial charge in [0.2, 0.25) is 5.78 Å². The van der Waals surface area contributed by atoms with Crippen molar-refractivity contribution in [3.8, 4) is 0 Å². The van der Waals surface area contributed by atoms with Crippen molar-refractivity contribution < 1.29 is 62.1 Å². The third-order valence-electron chi connectivity index (χ3n) is 6.35. The minimum Gasteiger partial charge on any atom is -0.748 e. The molecule has 0 bridgehead atoms. The maximum Gasteiger partial charge on any atom is 1.00 e. The number of aliphatic hydroxyl groups excluding tert-OH is 2. The quantitative estimate of drug-likeness (QED) is 0.0664. The first-order chi connectivity index (χ1) is 16.8. The van der Waals surface area contributed by atoms with Crippen LogP contribution in [0, 0.1) is 0 Å². The molecule has 0 radical (unpaired) electrons. The van der Waals surface area contributed by atoms with Gasteiger partial charge in [-0.2, -0.15) is 0 Å². The summed E-state index contributed by atoms with van der Waals surface area (Å²) in [5.74, 6) is -0.539. The van der Waals surface area contributed by atoms with Crippen molar-refractivity contribution in [3.05, 3.63) is 12.2 Å². The number of β-amino-alcohol motifs (C(OH)–C–C–N with tert-alkyl or cyclic N) is 2. The van der Waals surface area contributed by atoms with Crippen LogP contribution in [0.2, 0.25) is 0 Å². The van der Waals surface area contributed by atoms with Gasteiger partial charge in [0.1, 0.15) is 32.3 Å². The van der Waals surface area contributed by atoms with Crippen LogP contribution in [0.5, 0.6) is 0 Å². The third kappa shape index (κ3) is 17.3. The van der Waals surface area contributed by atoms with Crippen molar-refractivity contribution in [1.29, 1.82) is 0 Å². The maximum atomic E-state index is 12.9. The number of carbonyl (C=O) groups excluding carboxylic acids is 1. The second-order valence-corrected chi connectivity index (χ2v) is 11.1. The molecular weight excluding hydrogens is 491 g/mol. The van der Waals surface area contributed by atoms with Crippen molar-refractivity contribution in [2.75, 3.05) is 38.5 Å². The molecule has 2 N–H and O–H groups in total. The Morgan fingerprint density at radius 1 is 1.03 bits per heavy atom. The van der Waals surface area contributed by atoms with Crippen LogP contribution >= 0.6 is 0 Å². The smallest absolute Gasteiger partial charge is 0.748 e. The van der Waals surface area contributed by atoms with Crippen molar-refractivity contribution in [3.63, 3.8) is 0 Å². The summed E-state index contributed by atoms with van der Waals surface area (Å²) in [6, 6.07) is 0. The molecule has 0 aliphatic carbocycles. The minimum atomic E-state index is -4.54. The fourth-order valence-corrected chi connectivity index (χ4v) is 5.11. The number of carbonyl (C=O) groups is 1. The predicted octanol–water partition coefficient (Wildman–Crippen LogP) is 0.222. The minimum absolute atomic E-state index is 0. The summed E-state index contributed by atoms with van der Waals surface area (Å²) in [7, 11) is -4.54. The number of amidine groups is 1. The van der Waals surface area contributed by atoms with Gasteiger partial charge in [-0.1, -0.05) is 70.4 Å². The second kappa shape index (κ2) is 21.6. The number of Topliss-reactive ketones (excluding diaryl/α,β-unsaturated/α-hetero) is 1. The Hall–Kier alpha value is -0.290. The average molecular weight is 540 g/mol. The third-order valence-corrected chi connectivity index (χ3v) is 7.14. The topological polar surface area (TPSA) is 121 Å². The van der Waals surface area contributed by atoms with Crippen molar-refractivity contribution in [2.45, 2.75) is 103 Å². The van der Waals surface area contributed by atoms with E-state index in [2.05, 4.69) is 19.1 Å². The summed E-state index contributed by atoms with van der Waals surface area (Å²) in [4.78, 5) is 14.6. The number of ketones is 1. The van der Waals surface area contributed by atoms with E-state index in [1.807, 2.05) is 0 Å². The molecule has 0 aromatic carbocycles. The molecule has 0 amide bonds. The molecule has 10 heteroatoms. The van der Waals surface area contributed by atoms with E-state index in [9.17, 15) is 28.0 Å². The van der Waals surface area contributed by atoms with Gasteiger partial charge in [0.15, 0.2) is 0 Å². The molecule has 1 rings (SSSR count). The van der Waals surface area contributed by atoms with Gasteiger partial charge >= 0.3 is 35.4 Å². The van der Waals surface area contributed by atoms with E-state index in [0.717, 1.165) is 32.1 Å². The molecule has 1 aliphatic rings. The zero-order valence-corrected chi connectivity index (χ0v) is 25.5. The summed E-state index contributed by atoms with van der Waals surface area (Å²) in [5, 5.41) is 19.3. The molecule has 1 aliphatic heterocycles. The van der Waals surface area contributed by atoms with Gasteiger partial charge in [-0.25, -0.2) is 8.42 Å². The summed E-state index contributed by atoms with van der Waals surface area (Å²) in [6.07, 6.45) is 19.1. The average Bonchev–Trinajstić information content (AvgIpc) is 3.17. The molecule has 0 aromatic heterocycles. The normalized spacial score (nSPS) is 15.1. The van der Waals surface area contributed by atoms with E-state index in [0.29, 0.717) is 31.9 Å². The molecule has 204 valence electrons. The van der Waals surface area contributed by atoms with Gasteiger partial charge in [-0.15, -0.1) is 0 Å². The van der Waals surface area contributed by atoms with Crippen LogP contribution in [-0.4, -0.2) is 88.9 Å². The largest absolute Gasteiger partial charge is 1.00 e. The zero-order chi connectivity index (χ0) is 25.9. The van der Waals surface area contributed by atoms with Crippen LogP contribution in [-0.2, 0) is 14.9 Å². The summed E-state index contributed by atoms with van der Waals surface area (Å²) in [6.45, 7) is 3.32. The van der Waals surface area contributed by atoms with Crippen LogP contribution in [0.1, 0.15) is 96.8 Å². The van der Waals surface area contributed by atoms with Gasteiger partial charge < -0.3 is 14.8 Å².